The van der Waals surface area contributed by atoms with Gasteiger partial charge in [0.05, 0.1) is 12.5 Å². The lowest BCUT2D eigenvalue weighted by molar-refractivity contribution is -0.147. The van der Waals surface area contributed by atoms with Crippen LogP contribution in [0.25, 0.3) is 0 Å². The topological polar surface area (TPSA) is 43.1 Å². The van der Waals surface area contributed by atoms with Crippen LogP contribution in [-0.4, -0.2) is 18.0 Å². The normalized spacial score (nSPS) is 14.9. The van der Waals surface area contributed by atoms with E-state index in [1.54, 1.807) is 0 Å². The zero-order valence-electron chi connectivity index (χ0n) is 6.98. The minimum atomic E-state index is -4.36. The van der Waals surface area contributed by atoms with E-state index in [1.807, 2.05) is 0 Å². The summed E-state index contributed by atoms with van der Waals surface area (Å²) < 4.78 is 35.1. The van der Waals surface area contributed by atoms with Crippen molar-refractivity contribution in [3.63, 3.8) is 0 Å². The van der Waals surface area contributed by atoms with E-state index in [4.69, 9.17) is 5.73 Å². The van der Waals surface area contributed by atoms with Crippen LogP contribution in [0.15, 0.2) is 0 Å². The molecule has 0 rings (SSSR count). The monoisotopic (exact) mass is 183 g/mol. The fraction of sp³-hybridized carbons (Fsp3) is 0.857. The van der Waals surface area contributed by atoms with Crippen molar-refractivity contribution in [2.45, 2.75) is 32.5 Å². The molecule has 0 aliphatic rings. The maximum Gasteiger partial charge on any atom is 0.391 e. The van der Waals surface area contributed by atoms with E-state index in [0.717, 1.165) is 0 Å². The molecule has 0 aromatic rings. The summed E-state index contributed by atoms with van der Waals surface area (Å²) in [4.78, 5) is 10.9. The van der Waals surface area contributed by atoms with E-state index < -0.39 is 30.3 Å². The second-order valence-electron chi connectivity index (χ2n) is 2.98. The Morgan fingerprint density at radius 1 is 1.42 bits per heavy atom. The lowest BCUT2D eigenvalue weighted by Crippen LogP contribution is -2.37. The van der Waals surface area contributed by atoms with E-state index in [2.05, 4.69) is 0 Å². The van der Waals surface area contributed by atoms with Crippen LogP contribution in [0.3, 0.4) is 0 Å². The van der Waals surface area contributed by atoms with Gasteiger partial charge in [-0.25, -0.2) is 0 Å². The van der Waals surface area contributed by atoms with Gasteiger partial charge in [0.15, 0.2) is 5.78 Å². The van der Waals surface area contributed by atoms with Gasteiger partial charge in [-0.2, -0.15) is 13.2 Å². The SMILES string of the molecule is CC(C)C(=O)[C@@H](N)CC(F)(F)F. The van der Waals surface area contributed by atoms with Crippen molar-refractivity contribution in [2.75, 3.05) is 0 Å². The highest BCUT2D eigenvalue weighted by Crippen LogP contribution is 2.21. The van der Waals surface area contributed by atoms with Gasteiger partial charge in [0, 0.05) is 5.92 Å². The fourth-order valence-electron chi connectivity index (χ4n) is 0.778. The molecule has 0 bridgehead atoms. The summed E-state index contributed by atoms with van der Waals surface area (Å²) in [7, 11) is 0. The average Bonchev–Trinajstić information content (AvgIpc) is 1.82. The summed E-state index contributed by atoms with van der Waals surface area (Å²) in [5.74, 6) is -0.991. The van der Waals surface area contributed by atoms with Crippen molar-refractivity contribution >= 4 is 5.78 Å². The molecule has 0 radical (unpaired) electrons. The molecule has 0 aromatic carbocycles. The second kappa shape index (κ2) is 3.89. The minimum absolute atomic E-state index is 0.442. The molecule has 5 heteroatoms. The van der Waals surface area contributed by atoms with Gasteiger partial charge in [-0.3, -0.25) is 4.79 Å². The summed E-state index contributed by atoms with van der Waals surface area (Å²) in [5.41, 5.74) is 5.03. The van der Waals surface area contributed by atoms with Crippen molar-refractivity contribution in [3.05, 3.63) is 0 Å². The Bertz CT molecular complexity index is 165. The summed E-state index contributed by atoms with van der Waals surface area (Å²) in [6.07, 6.45) is -5.59. The van der Waals surface area contributed by atoms with Crippen LogP contribution in [-0.2, 0) is 4.79 Å². The number of rotatable bonds is 3. The first-order chi connectivity index (χ1) is 5.24. The number of alkyl halides is 3. The van der Waals surface area contributed by atoms with Crippen molar-refractivity contribution in [1.82, 2.24) is 0 Å². The molecule has 2 nitrogen and oxygen atoms in total. The maximum atomic E-state index is 11.7. The van der Waals surface area contributed by atoms with Crippen LogP contribution < -0.4 is 5.73 Å². The lowest BCUT2D eigenvalue weighted by Gasteiger charge is -2.14. The Hall–Kier alpha value is -0.580. The number of hydrogen-bond acceptors (Lipinski definition) is 2. The highest BCUT2D eigenvalue weighted by atomic mass is 19.4. The molecule has 0 aliphatic heterocycles. The Kier molecular flexibility index (Phi) is 3.70. The summed E-state index contributed by atoms with van der Waals surface area (Å²) in [5, 5.41) is 0. The number of carbonyl (C=O) groups excluding carboxylic acids is 1. The molecule has 2 N–H and O–H groups in total. The largest absolute Gasteiger partial charge is 0.391 e. The molecule has 0 unspecified atom stereocenters. The highest BCUT2D eigenvalue weighted by molar-refractivity contribution is 5.85. The van der Waals surface area contributed by atoms with Crippen molar-refractivity contribution in [3.8, 4) is 0 Å². The third kappa shape index (κ3) is 4.33. The summed E-state index contributed by atoms with van der Waals surface area (Å²) in [6, 6.07) is -1.41. The lowest BCUT2D eigenvalue weighted by atomic mass is 10.0. The van der Waals surface area contributed by atoms with E-state index in [9.17, 15) is 18.0 Å². The molecular formula is C7H12F3NO. The smallest absolute Gasteiger partial charge is 0.321 e. The molecule has 0 aliphatic carbocycles. The Labute approximate surface area is 68.9 Å². The third-order valence-electron chi connectivity index (χ3n) is 1.39. The zero-order valence-corrected chi connectivity index (χ0v) is 6.98. The number of ketones is 1. The van der Waals surface area contributed by atoms with Crippen LogP contribution in [0, 0.1) is 5.92 Å². The number of nitrogens with two attached hydrogens (primary N) is 1. The van der Waals surface area contributed by atoms with E-state index >= 15 is 0 Å². The second-order valence-corrected chi connectivity index (χ2v) is 2.98. The molecule has 72 valence electrons. The van der Waals surface area contributed by atoms with Crippen LogP contribution in [0.4, 0.5) is 13.2 Å². The molecule has 1 atom stereocenters. The van der Waals surface area contributed by atoms with Crippen LogP contribution in [0.1, 0.15) is 20.3 Å². The quantitative estimate of drug-likeness (QED) is 0.720. The Morgan fingerprint density at radius 3 is 2.08 bits per heavy atom. The predicted molar refractivity (Wildman–Crippen MR) is 38.5 cm³/mol. The van der Waals surface area contributed by atoms with Gasteiger partial charge in [0.1, 0.15) is 0 Å². The summed E-state index contributed by atoms with van der Waals surface area (Å²) >= 11 is 0. The molecule has 0 aromatic heterocycles. The standard InChI is InChI=1S/C7H12F3NO/c1-4(2)6(12)5(11)3-7(8,9)10/h4-5H,3,11H2,1-2H3/t5-/m0/s1. The van der Waals surface area contributed by atoms with Crippen molar-refractivity contribution in [2.24, 2.45) is 11.7 Å². The molecular weight excluding hydrogens is 171 g/mol. The van der Waals surface area contributed by atoms with Crippen molar-refractivity contribution < 1.29 is 18.0 Å². The van der Waals surface area contributed by atoms with Crippen LogP contribution >= 0.6 is 0 Å². The summed E-state index contributed by atoms with van der Waals surface area (Å²) in [6.45, 7) is 3.05. The first kappa shape index (κ1) is 11.4. The predicted octanol–water partition coefficient (Wildman–Crippen LogP) is 1.49. The van der Waals surface area contributed by atoms with E-state index in [0.29, 0.717) is 0 Å². The molecule has 0 spiro atoms. The van der Waals surface area contributed by atoms with E-state index in [-0.39, 0.29) is 0 Å². The third-order valence-corrected chi connectivity index (χ3v) is 1.39. The zero-order chi connectivity index (χ0) is 9.94. The number of hydrogen-bond donors (Lipinski definition) is 1. The van der Waals surface area contributed by atoms with Gasteiger partial charge in [0.2, 0.25) is 0 Å². The number of Topliss-reactive ketones (excluding diaryl/α,β-unsaturated/α-hetero) is 1. The fourth-order valence-corrected chi connectivity index (χ4v) is 0.778. The van der Waals surface area contributed by atoms with Gasteiger partial charge in [-0.1, -0.05) is 13.8 Å². The Balaban J connectivity index is 4.05. The van der Waals surface area contributed by atoms with Gasteiger partial charge >= 0.3 is 6.18 Å². The maximum absolute atomic E-state index is 11.7. The molecule has 0 saturated heterocycles. The molecule has 0 amide bonds. The van der Waals surface area contributed by atoms with Crippen molar-refractivity contribution in [1.29, 1.82) is 0 Å². The average molecular weight is 183 g/mol. The molecule has 0 saturated carbocycles. The first-order valence-corrected chi connectivity index (χ1v) is 3.60. The van der Waals surface area contributed by atoms with Crippen LogP contribution in [0.5, 0.6) is 0 Å². The van der Waals surface area contributed by atoms with Crippen LogP contribution in [0.2, 0.25) is 0 Å². The minimum Gasteiger partial charge on any atom is -0.321 e. The first-order valence-electron chi connectivity index (χ1n) is 3.60. The van der Waals surface area contributed by atoms with E-state index in [1.165, 1.54) is 13.8 Å². The number of carbonyl (C=O) groups is 1. The molecule has 12 heavy (non-hydrogen) atoms. The van der Waals surface area contributed by atoms with Gasteiger partial charge in [-0.05, 0) is 0 Å². The van der Waals surface area contributed by atoms with Gasteiger partial charge in [-0.15, -0.1) is 0 Å². The van der Waals surface area contributed by atoms with Gasteiger partial charge < -0.3 is 5.73 Å². The van der Waals surface area contributed by atoms with Gasteiger partial charge in [0.25, 0.3) is 0 Å². The highest BCUT2D eigenvalue weighted by Gasteiger charge is 2.33. The number of halogens is 3. The Morgan fingerprint density at radius 2 is 1.83 bits per heavy atom. The molecule has 0 fully saturated rings. The molecule has 0 heterocycles.